The molecule has 14 rings (SSSR count). The van der Waals surface area contributed by atoms with Crippen molar-refractivity contribution in [1.29, 1.82) is 5.26 Å². The van der Waals surface area contributed by atoms with Gasteiger partial charge >= 0.3 is 0 Å². The van der Waals surface area contributed by atoms with Crippen LogP contribution < -0.4 is 26.4 Å². The highest BCUT2D eigenvalue weighted by molar-refractivity contribution is 7.00. The molecule has 0 saturated heterocycles. The maximum absolute atomic E-state index is 11.5. The predicted octanol–water partition coefficient (Wildman–Crippen LogP) is 14.0. The van der Waals surface area contributed by atoms with Crippen LogP contribution in [0, 0.1) is 11.3 Å². The van der Waals surface area contributed by atoms with Gasteiger partial charge in [0.25, 0.3) is 6.71 Å². The van der Waals surface area contributed by atoms with Crippen molar-refractivity contribution in [1.82, 2.24) is 4.57 Å². The van der Waals surface area contributed by atoms with Crippen molar-refractivity contribution in [3.05, 3.63) is 168 Å². The molecule has 0 radical (unpaired) electrons. The van der Waals surface area contributed by atoms with Crippen molar-refractivity contribution in [2.45, 2.75) is 52.4 Å². The van der Waals surface area contributed by atoms with E-state index in [1.54, 1.807) is 41.5 Å². The van der Waals surface area contributed by atoms with Crippen LogP contribution in [0.15, 0.2) is 160 Å². The molecule has 3 aromatic heterocycles. The van der Waals surface area contributed by atoms with Gasteiger partial charge in [0.2, 0.25) is 0 Å². The summed E-state index contributed by atoms with van der Waals surface area (Å²) in [6.45, 7) is 8.49. The van der Waals surface area contributed by atoms with Gasteiger partial charge in [-0.3, -0.25) is 0 Å². The van der Waals surface area contributed by atoms with Gasteiger partial charge < -0.3 is 23.2 Å². The molecule has 0 spiro atoms. The summed E-state index contributed by atoms with van der Waals surface area (Å²) in [7, 11) is 0. The Morgan fingerprint density at radius 1 is 0.530 bits per heavy atom. The summed E-state index contributed by atoms with van der Waals surface area (Å²) in [6.07, 6.45) is 0. The summed E-state index contributed by atoms with van der Waals surface area (Å²) in [4.78, 5) is 2.25. The molecule has 6 heterocycles. The first-order valence-corrected chi connectivity index (χ1v) is 20.9. The molecule has 0 unspecified atom stereocenters. The molecule has 0 atom stereocenters. The Balaban J connectivity index is 1.30. The van der Waals surface area contributed by atoms with Crippen LogP contribution in [0.25, 0.3) is 71.5 Å². The summed E-state index contributed by atoms with van der Waals surface area (Å²) in [6, 6.07) is -16.9. The summed E-state index contributed by atoms with van der Waals surface area (Å²) in [5.74, 6) is 0. The van der Waals surface area contributed by atoms with E-state index in [9.17, 15) is 28.6 Å². The molecule has 7 heteroatoms. The molecule has 0 saturated carbocycles. The molecular weight excluding hydrogens is 807 g/mol. The lowest BCUT2D eigenvalue weighted by atomic mass is 9.35. The molecular formula is C59H43BN4O2. The quantitative estimate of drug-likeness (QED) is 0.162. The number of fused-ring (bicyclic) bond motifs is 14. The zero-order valence-corrected chi connectivity index (χ0v) is 35.7. The number of nitriles is 1. The maximum atomic E-state index is 11.5. The van der Waals surface area contributed by atoms with Crippen molar-refractivity contribution < 1.29 is 43.1 Å². The largest absolute Gasteiger partial charge is 0.468 e. The van der Waals surface area contributed by atoms with E-state index in [4.69, 9.17) is 19.8 Å². The van der Waals surface area contributed by atoms with E-state index in [0.717, 1.165) is 4.90 Å². The SMILES string of the molecule is [2H]c1c([2H])c([2H])c(-c2c([2H])c([2H])c3oc4c(c3c2[2H])N(c2c([2H])c([2H])c([2H])c3oc5c([2H])c([2H])c([2H])c([2H])c5c23)c2c([2H])c(C#N)c([2H])c3c2B4c2c([2H])c([2H])c([2H])c4c2N3c2c([2H])c(C(C)(C)C)c([2H])c3c5c([2H])c(C(C)(C)C)c([2H])c([2H])c5n-4c23)c([2H])c1[2H]. The average Bonchev–Trinajstić information content (AvgIpc) is 1.62. The molecule has 0 bridgehead atoms. The smallest absolute Gasteiger partial charge is 0.297 e. The van der Waals surface area contributed by atoms with Gasteiger partial charge in [0.05, 0.1) is 96.4 Å². The van der Waals surface area contributed by atoms with Crippen molar-refractivity contribution in [2.24, 2.45) is 0 Å². The van der Waals surface area contributed by atoms with Gasteiger partial charge in [0, 0.05) is 32.9 Å². The van der Waals surface area contributed by atoms with E-state index in [1.807, 2.05) is 6.07 Å². The molecule has 314 valence electrons. The maximum Gasteiger partial charge on any atom is 0.297 e. The van der Waals surface area contributed by atoms with Crippen molar-refractivity contribution in [2.75, 3.05) is 9.80 Å². The van der Waals surface area contributed by atoms with E-state index in [-0.39, 0.29) is 73.0 Å². The number of rotatable bonds is 2. The van der Waals surface area contributed by atoms with Gasteiger partial charge in [0.15, 0.2) is 0 Å². The monoisotopic (exact) mass is 876 g/mol. The average molecular weight is 876 g/mol. The normalized spacial score (nSPS) is 19.1. The molecule has 3 aliphatic rings. The Morgan fingerprint density at radius 3 is 2.02 bits per heavy atom. The highest BCUT2D eigenvalue weighted by Crippen LogP contribution is 2.55. The lowest BCUT2D eigenvalue weighted by Crippen LogP contribution is -2.61. The van der Waals surface area contributed by atoms with Crippen LogP contribution in [-0.4, -0.2) is 11.3 Å². The van der Waals surface area contributed by atoms with Gasteiger partial charge in [0.1, 0.15) is 16.7 Å². The summed E-state index contributed by atoms with van der Waals surface area (Å²) < 4.78 is 253. The highest BCUT2D eigenvalue weighted by Gasteiger charge is 2.49. The first kappa shape index (κ1) is 20.5. The zero-order valence-electron chi connectivity index (χ0n) is 60.7. The Kier molecular flexibility index (Phi) is 3.93. The third kappa shape index (κ3) is 4.86. The molecule has 0 aliphatic carbocycles. The summed E-state index contributed by atoms with van der Waals surface area (Å²) in [5.41, 5.74) is -10.7. The van der Waals surface area contributed by atoms with E-state index < -0.39 is 235 Å². The number of para-hydroxylation sites is 2. The minimum atomic E-state index is -1.88. The zero-order chi connectivity index (χ0) is 66.3. The van der Waals surface area contributed by atoms with E-state index in [0.29, 0.717) is 0 Å². The van der Waals surface area contributed by atoms with Crippen LogP contribution in [0.1, 0.15) is 92.5 Å². The molecule has 8 aromatic carbocycles. The molecule has 6 nitrogen and oxygen atoms in total. The number of anilines is 6. The van der Waals surface area contributed by atoms with Crippen LogP contribution in [0.2, 0.25) is 0 Å². The Hall–Kier alpha value is -7.95. The highest BCUT2D eigenvalue weighted by atomic mass is 16.3. The van der Waals surface area contributed by atoms with Gasteiger partial charge in [-0.15, -0.1) is 0 Å². The molecule has 11 aromatic rings. The topological polar surface area (TPSA) is 61.5 Å². The van der Waals surface area contributed by atoms with Gasteiger partial charge in [-0.2, -0.15) is 5.26 Å². The van der Waals surface area contributed by atoms with E-state index in [1.165, 1.54) is 9.47 Å². The fraction of sp³-hybridized carbons (Fsp3) is 0.136. The summed E-state index contributed by atoms with van der Waals surface area (Å²) >= 11 is 0. The number of furan rings is 2. The van der Waals surface area contributed by atoms with E-state index >= 15 is 0 Å². The van der Waals surface area contributed by atoms with Crippen LogP contribution in [0.4, 0.5) is 34.1 Å². The number of benzene rings is 8. The third-order valence-electron chi connectivity index (χ3n) is 12.5. The second-order valence-corrected chi connectivity index (χ2v) is 18.4. The molecule has 0 amide bonds. The minimum absolute atomic E-state index is 0.0380. The molecule has 66 heavy (non-hydrogen) atoms. The predicted molar refractivity (Wildman–Crippen MR) is 273 cm³/mol. The fourth-order valence-electron chi connectivity index (χ4n) is 9.53. The van der Waals surface area contributed by atoms with Gasteiger partial charge in [-0.25, -0.2) is 0 Å². The molecule has 0 fully saturated rings. The van der Waals surface area contributed by atoms with Gasteiger partial charge in [-0.1, -0.05) is 120 Å². The number of nitrogens with zero attached hydrogens (tertiary/aromatic N) is 4. The van der Waals surface area contributed by atoms with Crippen LogP contribution >= 0.6 is 0 Å². The lowest BCUT2D eigenvalue weighted by Gasteiger charge is -2.45. The Morgan fingerprint density at radius 2 is 1.23 bits per heavy atom. The summed E-state index contributed by atoms with van der Waals surface area (Å²) in [5, 5.41) is 9.80. The number of hydrogen-bond acceptors (Lipinski definition) is 5. The Bertz CT molecular complexity index is 5470. The van der Waals surface area contributed by atoms with Crippen molar-refractivity contribution >= 4 is 112 Å². The first-order valence-electron chi connectivity index (χ1n) is 33.4. The fourth-order valence-corrected chi connectivity index (χ4v) is 9.53. The van der Waals surface area contributed by atoms with E-state index in [2.05, 4.69) is 0 Å². The molecule has 3 aliphatic heterocycles. The van der Waals surface area contributed by atoms with Crippen LogP contribution in [-0.2, 0) is 10.8 Å². The standard InChI is InChI=1S/C59H43BN4O2/c1-58(2,3)36-23-24-43-39(29-36)40-30-37(59(4,5)6)31-48-54(40)62(43)45-19-12-17-42-56(45)64(48)47-27-33(32-61)26-46-53(47)60(42)57-55(41-28-35(22-25-50(41)66-57)34-14-8-7-9-15-34)63(46)44-18-13-21-51-52(44)38-16-10-11-20-49(38)65-51/h7-31H,1-6H3/i7D,8D,9D,10D,11D,12D,13D,14D,15D,16D,17D,18D,19D,20D,21D,22D,23D,24D,25D,26D,27D,28D,29D,30D,31D. The van der Waals surface area contributed by atoms with Crippen molar-refractivity contribution in [3.8, 4) is 22.9 Å². The second kappa shape index (κ2) is 12.6. The number of aromatic nitrogens is 1. The van der Waals surface area contributed by atoms with Crippen LogP contribution in [0.5, 0.6) is 0 Å². The lowest BCUT2D eigenvalue weighted by molar-refractivity contribution is 0.590. The minimum Gasteiger partial charge on any atom is -0.468 e. The third-order valence-corrected chi connectivity index (χ3v) is 12.5. The van der Waals surface area contributed by atoms with Crippen LogP contribution in [0.3, 0.4) is 0 Å². The Labute approximate surface area is 417 Å². The van der Waals surface area contributed by atoms with Gasteiger partial charge in [-0.05, 0) is 117 Å². The second-order valence-electron chi connectivity index (χ2n) is 18.4. The van der Waals surface area contributed by atoms with Crippen molar-refractivity contribution in [3.63, 3.8) is 0 Å². The first-order chi connectivity index (χ1) is 42.4. The molecule has 0 N–H and O–H groups in total. The number of hydrogen-bond donors (Lipinski definition) is 0.